The van der Waals surface area contributed by atoms with Crippen LogP contribution >= 0.6 is 11.6 Å². The van der Waals surface area contributed by atoms with E-state index in [1.807, 2.05) is 38.1 Å². The van der Waals surface area contributed by atoms with Gasteiger partial charge in [0.05, 0.1) is 6.54 Å². The van der Waals surface area contributed by atoms with Crippen LogP contribution in [0.3, 0.4) is 0 Å². The van der Waals surface area contributed by atoms with Gasteiger partial charge in [0.1, 0.15) is 0 Å². The number of nitrogens with one attached hydrogen (secondary N) is 3. The molecule has 5 nitrogen and oxygen atoms in total. The van der Waals surface area contributed by atoms with Crippen molar-refractivity contribution in [2.24, 2.45) is 5.92 Å². The fourth-order valence-electron chi connectivity index (χ4n) is 2.08. The van der Waals surface area contributed by atoms with E-state index in [0.29, 0.717) is 10.9 Å². The summed E-state index contributed by atoms with van der Waals surface area (Å²) in [6.07, 6.45) is 0. The van der Waals surface area contributed by atoms with Crippen molar-refractivity contribution in [1.29, 1.82) is 0 Å². The standard InChI is InChI=1S/C16H24ClN3O2/c1-10(2)15(12-5-7-13(17)8-6-12)18-9-14(21)20-16(22)19-11(3)4/h5-8,10-11,15,18H,9H2,1-4H3,(H2,19,20,21,22). The number of rotatable bonds is 6. The molecule has 1 unspecified atom stereocenters. The summed E-state index contributed by atoms with van der Waals surface area (Å²) in [6, 6.07) is 7.03. The third kappa shape index (κ3) is 6.45. The van der Waals surface area contributed by atoms with Crippen molar-refractivity contribution in [1.82, 2.24) is 16.0 Å². The van der Waals surface area contributed by atoms with E-state index in [1.54, 1.807) is 0 Å². The third-order valence-corrected chi connectivity index (χ3v) is 3.30. The minimum Gasteiger partial charge on any atom is -0.336 e. The van der Waals surface area contributed by atoms with Gasteiger partial charge in [0.15, 0.2) is 0 Å². The fourth-order valence-corrected chi connectivity index (χ4v) is 2.21. The van der Waals surface area contributed by atoms with Gasteiger partial charge in [-0.3, -0.25) is 10.1 Å². The van der Waals surface area contributed by atoms with E-state index in [9.17, 15) is 9.59 Å². The normalized spacial score (nSPS) is 12.3. The predicted octanol–water partition coefficient (Wildman–Crippen LogP) is 2.86. The van der Waals surface area contributed by atoms with Gasteiger partial charge in [0, 0.05) is 17.1 Å². The van der Waals surface area contributed by atoms with E-state index in [1.165, 1.54) is 0 Å². The second-order valence-electron chi connectivity index (χ2n) is 5.83. The summed E-state index contributed by atoms with van der Waals surface area (Å²) in [6.45, 7) is 7.86. The lowest BCUT2D eigenvalue weighted by Crippen LogP contribution is -2.46. The minimum absolute atomic E-state index is 0.0103. The highest BCUT2D eigenvalue weighted by atomic mass is 35.5. The average Bonchev–Trinajstić information content (AvgIpc) is 2.39. The number of carbonyl (C=O) groups excluding carboxylic acids is 2. The smallest absolute Gasteiger partial charge is 0.321 e. The molecule has 0 aliphatic carbocycles. The Balaban J connectivity index is 2.56. The van der Waals surface area contributed by atoms with Gasteiger partial charge in [-0.1, -0.05) is 37.6 Å². The molecular weight excluding hydrogens is 302 g/mol. The van der Waals surface area contributed by atoms with Crippen LogP contribution in [-0.2, 0) is 4.79 Å². The molecule has 0 saturated heterocycles. The summed E-state index contributed by atoms with van der Waals surface area (Å²) in [4.78, 5) is 23.3. The minimum atomic E-state index is -0.477. The molecule has 1 aromatic carbocycles. The van der Waals surface area contributed by atoms with Gasteiger partial charge in [-0.2, -0.15) is 0 Å². The van der Waals surface area contributed by atoms with Gasteiger partial charge >= 0.3 is 6.03 Å². The second kappa shape index (κ2) is 8.76. The van der Waals surface area contributed by atoms with Gasteiger partial charge in [-0.15, -0.1) is 0 Å². The molecule has 0 aromatic heterocycles. The Labute approximate surface area is 136 Å². The molecule has 1 aromatic rings. The molecule has 0 aliphatic heterocycles. The number of hydrogen-bond donors (Lipinski definition) is 3. The van der Waals surface area contributed by atoms with Crippen molar-refractivity contribution >= 4 is 23.5 Å². The molecule has 1 rings (SSSR count). The van der Waals surface area contributed by atoms with Crippen LogP contribution < -0.4 is 16.0 Å². The number of amides is 3. The summed E-state index contributed by atoms with van der Waals surface area (Å²) in [5.74, 6) is -0.0729. The zero-order chi connectivity index (χ0) is 16.7. The Kier molecular flexibility index (Phi) is 7.35. The van der Waals surface area contributed by atoms with Crippen LogP contribution in [0.2, 0.25) is 5.02 Å². The fraction of sp³-hybridized carbons (Fsp3) is 0.500. The van der Waals surface area contributed by atoms with Crippen molar-refractivity contribution in [2.75, 3.05) is 6.54 Å². The van der Waals surface area contributed by atoms with E-state index < -0.39 is 6.03 Å². The van der Waals surface area contributed by atoms with Crippen LogP contribution in [0.15, 0.2) is 24.3 Å². The Morgan fingerprint density at radius 3 is 2.18 bits per heavy atom. The molecule has 0 fully saturated rings. The van der Waals surface area contributed by atoms with Crippen LogP contribution in [0, 0.1) is 5.92 Å². The molecule has 1 atom stereocenters. The second-order valence-corrected chi connectivity index (χ2v) is 6.27. The summed E-state index contributed by atoms with van der Waals surface area (Å²) in [5.41, 5.74) is 1.05. The lowest BCUT2D eigenvalue weighted by Gasteiger charge is -2.23. The van der Waals surface area contributed by atoms with Crippen LogP contribution in [0.1, 0.15) is 39.3 Å². The molecule has 0 bridgehead atoms. The first-order chi connectivity index (χ1) is 10.3. The van der Waals surface area contributed by atoms with Gasteiger partial charge < -0.3 is 10.6 Å². The van der Waals surface area contributed by atoms with Crippen LogP contribution in [0.4, 0.5) is 4.79 Å². The number of benzene rings is 1. The summed E-state index contributed by atoms with van der Waals surface area (Å²) < 4.78 is 0. The van der Waals surface area contributed by atoms with Crippen LogP contribution in [0.25, 0.3) is 0 Å². The molecule has 0 heterocycles. The Morgan fingerprint density at radius 1 is 1.09 bits per heavy atom. The van der Waals surface area contributed by atoms with Crippen LogP contribution in [-0.4, -0.2) is 24.5 Å². The Morgan fingerprint density at radius 2 is 1.68 bits per heavy atom. The first kappa shape index (κ1) is 18.5. The molecule has 0 saturated carbocycles. The molecular formula is C16H24ClN3O2. The van der Waals surface area contributed by atoms with E-state index >= 15 is 0 Å². The van der Waals surface area contributed by atoms with Gasteiger partial charge in [0.2, 0.25) is 5.91 Å². The first-order valence-corrected chi connectivity index (χ1v) is 7.76. The topological polar surface area (TPSA) is 70.2 Å². The van der Waals surface area contributed by atoms with Crippen molar-refractivity contribution in [3.63, 3.8) is 0 Å². The Hall–Kier alpha value is -1.59. The zero-order valence-corrected chi connectivity index (χ0v) is 14.2. The van der Waals surface area contributed by atoms with Crippen LogP contribution in [0.5, 0.6) is 0 Å². The lowest BCUT2D eigenvalue weighted by molar-refractivity contribution is -0.119. The lowest BCUT2D eigenvalue weighted by atomic mass is 9.96. The van der Waals surface area contributed by atoms with Gasteiger partial charge in [0.25, 0.3) is 0 Å². The van der Waals surface area contributed by atoms with Crippen molar-refractivity contribution in [3.8, 4) is 0 Å². The SMILES string of the molecule is CC(C)NC(=O)NC(=O)CNC(c1ccc(Cl)cc1)C(C)C. The predicted molar refractivity (Wildman–Crippen MR) is 88.8 cm³/mol. The molecule has 3 amide bonds. The number of carbonyl (C=O) groups is 2. The van der Waals surface area contributed by atoms with E-state index in [4.69, 9.17) is 11.6 Å². The van der Waals surface area contributed by atoms with E-state index in [2.05, 4.69) is 29.8 Å². The van der Waals surface area contributed by atoms with Crippen molar-refractivity contribution < 1.29 is 9.59 Å². The number of hydrogen-bond acceptors (Lipinski definition) is 3. The van der Waals surface area contributed by atoms with Crippen molar-refractivity contribution in [3.05, 3.63) is 34.9 Å². The maximum absolute atomic E-state index is 11.8. The molecule has 3 N–H and O–H groups in total. The molecule has 0 aliphatic rings. The molecule has 0 radical (unpaired) electrons. The molecule has 6 heteroatoms. The number of halogens is 1. The Bertz CT molecular complexity index is 501. The van der Waals surface area contributed by atoms with E-state index in [-0.39, 0.29) is 24.5 Å². The molecule has 0 spiro atoms. The quantitative estimate of drug-likeness (QED) is 0.753. The summed E-state index contributed by atoms with van der Waals surface area (Å²) in [7, 11) is 0. The third-order valence-electron chi connectivity index (χ3n) is 3.05. The maximum atomic E-state index is 11.8. The van der Waals surface area contributed by atoms with Gasteiger partial charge in [-0.25, -0.2) is 4.79 Å². The first-order valence-electron chi connectivity index (χ1n) is 7.38. The highest BCUT2D eigenvalue weighted by Gasteiger charge is 2.17. The number of urea groups is 1. The molecule has 122 valence electrons. The monoisotopic (exact) mass is 325 g/mol. The highest BCUT2D eigenvalue weighted by molar-refractivity contribution is 6.30. The highest BCUT2D eigenvalue weighted by Crippen LogP contribution is 2.22. The zero-order valence-electron chi connectivity index (χ0n) is 13.4. The van der Waals surface area contributed by atoms with E-state index in [0.717, 1.165) is 5.56 Å². The summed E-state index contributed by atoms with van der Waals surface area (Å²) >= 11 is 5.89. The largest absolute Gasteiger partial charge is 0.336 e. The average molecular weight is 326 g/mol. The number of imide groups is 1. The maximum Gasteiger partial charge on any atom is 0.321 e. The van der Waals surface area contributed by atoms with Gasteiger partial charge in [-0.05, 0) is 37.5 Å². The molecule has 22 heavy (non-hydrogen) atoms. The summed E-state index contributed by atoms with van der Waals surface area (Å²) in [5, 5.41) is 8.76. The van der Waals surface area contributed by atoms with Crippen molar-refractivity contribution in [2.45, 2.75) is 39.8 Å².